The quantitative estimate of drug-likeness (QED) is 0.669. The van der Waals surface area contributed by atoms with E-state index in [9.17, 15) is 13.2 Å². The third-order valence-electron chi connectivity index (χ3n) is 7.24. The van der Waals surface area contributed by atoms with Crippen LogP contribution in [0.1, 0.15) is 42.6 Å². The SMILES string of the molecule is [2H]C([2H])([2H])n1cc(-c2cc(S(=O)(=O)C3CC3)ccc2N2CCCC3(CC3)C2)c2cc[nH]c2c1=O. The number of pyridine rings is 1. The normalized spacial score (nSPS) is 22.3. The maximum atomic E-state index is 13.1. The van der Waals surface area contributed by atoms with Crippen molar-refractivity contribution in [3.8, 4) is 11.1 Å². The molecule has 1 saturated heterocycles. The zero-order valence-corrected chi connectivity index (χ0v) is 18.0. The average molecular weight is 441 g/mol. The maximum Gasteiger partial charge on any atom is 0.274 e. The molecule has 1 spiro atoms. The predicted octanol–water partition coefficient (Wildman–Crippen LogP) is 3.85. The van der Waals surface area contributed by atoms with E-state index >= 15 is 0 Å². The molecule has 3 heterocycles. The summed E-state index contributed by atoms with van der Waals surface area (Å²) < 4.78 is 50.7. The molecule has 6 nitrogen and oxygen atoms in total. The number of H-pyrrole nitrogens is 1. The van der Waals surface area contributed by atoms with Gasteiger partial charge in [-0.25, -0.2) is 8.42 Å². The summed E-state index contributed by atoms with van der Waals surface area (Å²) in [4.78, 5) is 18.3. The van der Waals surface area contributed by atoms with Crippen LogP contribution >= 0.6 is 0 Å². The zero-order chi connectivity index (χ0) is 23.9. The van der Waals surface area contributed by atoms with Gasteiger partial charge in [0.05, 0.1) is 10.1 Å². The first-order valence-corrected chi connectivity index (χ1v) is 12.5. The number of nitrogens with zero attached hydrogens (tertiary/aromatic N) is 2. The molecule has 2 aliphatic carbocycles. The Morgan fingerprint density at radius 2 is 2.00 bits per heavy atom. The second-order valence-corrected chi connectivity index (χ2v) is 11.7. The number of aromatic amines is 1. The van der Waals surface area contributed by atoms with Crippen LogP contribution in [0.2, 0.25) is 0 Å². The van der Waals surface area contributed by atoms with Gasteiger partial charge in [-0.05, 0) is 68.2 Å². The zero-order valence-electron chi connectivity index (χ0n) is 20.2. The van der Waals surface area contributed by atoms with Crippen molar-refractivity contribution in [2.24, 2.45) is 12.4 Å². The van der Waals surface area contributed by atoms with Crippen LogP contribution in [0.5, 0.6) is 0 Å². The number of hydrogen-bond acceptors (Lipinski definition) is 4. The van der Waals surface area contributed by atoms with E-state index in [-0.39, 0.29) is 15.7 Å². The molecule has 7 heteroatoms. The van der Waals surface area contributed by atoms with E-state index in [4.69, 9.17) is 4.11 Å². The highest BCUT2D eigenvalue weighted by atomic mass is 32.2. The number of fused-ring (bicyclic) bond motifs is 1. The summed E-state index contributed by atoms with van der Waals surface area (Å²) >= 11 is 0. The number of hydrogen-bond donors (Lipinski definition) is 1. The first-order valence-electron chi connectivity index (χ1n) is 12.5. The highest BCUT2D eigenvalue weighted by Gasteiger charge is 2.46. The monoisotopic (exact) mass is 440 g/mol. The van der Waals surface area contributed by atoms with Crippen molar-refractivity contribution >= 4 is 26.4 Å². The van der Waals surface area contributed by atoms with E-state index in [1.165, 1.54) is 25.5 Å². The molecule has 6 rings (SSSR count). The Balaban J connectivity index is 1.60. The van der Waals surface area contributed by atoms with Gasteiger partial charge in [-0.1, -0.05) is 0 Å². The summed E-state index contributed by atoms with van der Waals surface area (Å²) in [6.45, 7) is -0.894. The molecule has 2 aromatic heterocycles. The van der Waals surface area contributed by atoms with E-state index < -0.39 is 22.4 Å². The number of benzene rings is 1. The van der Waals surface area contributed by atoms with Crippen molar-refractivity contribution in [2.45, 2.75) is 48.7 Å². The van der Waals surface area contributed by atoms with Crippen LogP contribution in [0.4, 0.5) is 5.69 Å². The van der Waals surface area contributed by atoms with Crippen LogP contribution in [0.25, 0.3) is 22.0 Å². The molecule has 162 valence electrons. The minimum absolute atomic E-state index is 0.201. The Morgan fingerprint density at radius 1 is 1.16 bits per heavy atom. The lowest BCUT2D eigenvalue weighted by atomic mass is 9.93. The lowest BCUT2D eigenvalue weighted by Crippen LogP contribution is -2.36. The summed E-state index contributed by atoms with van der Waals surface area (Å²) in [6.07, 6.45) is 9.01. The number of aromatic nitrogens is 2. The minimum Gasteiger partial charge on any atom is -0.370 e. The van der Waals surface area contributed by atoms with Gasteiger partial charge in [0.2, 0.25) is 0 Å². The topological polar surface area (TPSA) is 75.2 Å². The van der Waals surface area contributed by atoms with Crippen molar-refractivity contribution in [1.82, 2.24) is 9.55 Å². The van der Waals surface area contributed by atoms with Gasteiger partial charge >= 0.3 is 0 Å². The predicted molar refractivity (Wildman–Crippen MR) is 122 cm³/mol. The van der Waals surface area contributed by atoms with Crippen molar-refractivity contribution in [3.63, 3.8) is 0 Å². The van der Waals surface area contributed by atoms with E-state index in [1.807, 2.05) is 6.07 Å². The Kier molecular flexibility index (Phi) is 3.38. The molecule has 1 N–H and O–H groups in total. The molecule has 0 amide bonds. The first kappa shape index (κ1) is 16.1. The van der Waals surface area contributed by atoms with Crippen LogP contribution in [0, 0.1) is 5.41 Å². The molecule has 0 radical (unpaired) electrons. The fourth-order valence-corrected chi connectivity index (χ4v) is 6.80. The van der Waals surface area contributed by atoms with E-state index in [0.717, 1.165) is 29.8 Å². The van der Waals surface area contributed by atoms with Gasteiger partial charge in [-0.15, -0.1) is 0 Å². The Labute approximate surface area is 186 Å². The smallest absolute Gasteiger partial charge is 0.274 e. The lowest BCUT2D eigenvalue weighted by molar-refractivity contribution is 0.395. The molecular weight excluding hydrogens is 410 g/mol. The molecule has 0 atom stereocenters. The number of rotatable bonds is 4. The van der Waals surface area contributed by atoms with Crippen LogP contribution < -0.4 is 10.5 Å². The van der Waals surface area contributed by atoms with Crippen LogP contribution in [-0.2, 0) is 16.8 Å². The molecule has 2 saturated carbocycles. The number of nitrogens with one attached hydrogen (secondary N) is 1. The lowest BCUT2D eigenvalue weighted by Gasteiger charge is -2.36. The van der Waals surface area contributed by atoms with Crippen LogP contribution in [-0.4, -0.2) is 36.3 Å². The van der Waals surface area contributed by atoms with Crippen molar-refractivity contribution < 1.29 is 12.5 Å². The van der Waals surface area contributed by atoms with Gasteiger partial charge in [-0.2, -0.15) is 0 Å². The molecule has 3 fully saturated rings. The van der Waals surface area contributed by atoms with Gasteiger partial charge in [0.25, 0.3) is 5.56 Å². The largest absolute Gasteiger partial charge is 0.370 e. The molecule has 3 aromatic rings. The Morgan fingerprint density at radius 3 is 2.74 bits per heavy atom. The Bertz CT molecular complexity index is 1460. The third kappa shape index (κ3) is 3.04. The maximum absolute atomic E-state index is 13.1. The summed E-state index contributed by atoms with van der Waals surface area (Å²) in [6, 6.07) is 7.00. The first-order chi connectivity index (χ1) is 16.1. The molecule has 0 bridgehead atoms. The fourth-order valence-electron chi connectivity index (χ4n) is 5.12. The van der Waals surface area contributed by atoms with Gasteiger partial charge in [0, 0.05) is 58.8 Å². The van der Waals surface area contributed by atoms with Gasteiger partial charge in [0.1, 0.15) is 5.52 Å². The minimum atomic E-state index is -3.45. The molecule has 1 aliphatic heterocycles. The fraction of sp³-hybridized carbons (Fsp3) is 0.458. The standard InChI is InChI=1S/C24H27N3O3S/c1-26-14-20(18-7-11-25-22(18)23(26)28)19-13-17(31(29,30)16-3-4-16)5-6-21(19)27-12-2-8-24(15-27)9-10-24/h5-7,11,13-14,16,25H,2-4,8-10,12,15H2,1H3/i1D3. The summed E-state index contributed by atoms with van der Waals surface area (Å²) in [5, 5.41) is 0.241. The van der Waals surface area contributed by atoms with Crippen LogP contribution in [0.15, 0.2) is 46.3 Å². The van der Waals surface area contributed by atoms with Crippen molar-refractivity contribution in [3.05, 3.63) is 47.0 Å². The highest BCUT2D eigenvalue weighted by Crippen LogP contribution is 2.53. The molecule has 1 aromatic carbocycles. The van der Waals surface area contributed by atoms with Crippen LogP contribution in [0.3, 0.4) is 0 Å². The van der Waals surface area contributed by atoms with Crippen molar-refractivity contribution in [2.75, 3.05) is 18.0 Å². The summed E-state index contributed by atoms with van der Waals surface area (Å²) in [5.74, 6) is 0. The van der Waals surface area contributed by atoms with E-state index in [0.29, 0.717) is 34.8 Å². The van der Waals surface area contributed by atoms with Gasteiger partial charge in [0.15, 0.2) is 9.84 Å². The van der Waals surface area contributed by atoms with E-state index in [2.05, 4.69) is 9.88 Å². The molecule has 31 heavy (non-hydrogen) atoms. The number of sulfone groups is 1. The second kappa shape index (κ2) is 6.48. The van der Waals surface area contributed by atoms with Crippen molar-refractivity contribution in [1.29, 1.82) is 0 Å². The Hall–Kier alpha value is -2.54. The molecular formula is C24H27N3O3S. The summed E-state index contributed by atoms with van der Waals surface area (Å²) in [7, 11) is -3.45. The highest BCUT2D eigenvalue weighted by molar-refractivity contribution is 7.92. The number of anilines is 1. The summed E-state index contributed by atoms with van der Waals surface area (Å²) in [5.41, 5.74) is 2.01. The van der Waals surface area contributed by atoms with Gasteiger partial charge < -0.3 is 14.5 Å². The van der Waals surface area contributed by atoms with Gasteiger partial charge in [-0.3, -0.25) is 4.79 Å². The molecule has 0 unspecified atom stereocenters. The average Bonchev–Trinajstić information content (AvgIpc) is 3.72. The molecule has 3 aliphatic rings. The second-order valence-electron chi connectivity index (χ2n) is 9.43. The third-order valence-corrected chi connectivity index (χ3v) is 9.50. The number of aryl methyl sites for hydroxylation is 1. The van der Waals surface area contributed by atoms with E-state index in [1.54, 1.807) is 24.4 Å². The number of piperidine rings is 1.